The summed E-state index contributed by atoms with van der Waals surface area (Å²) in [4.78, 5) is 22.3. The van der Waals surface area contributed by atoms with Crippen molar-refractivity contribution in [1.82, 2.24) is 24.8 Å². The number of piperazine rings is 1. The van der Waals surface area contributed by atoms with Gasteiger partial charge in [0.05, 0.1) is 0 Å². The van der Waals surface area contributed by atoms with Gasteiger partial charge < -0.3 is 20.4 Å². The van der Waals surface area contributed by atoms with E-state index in [0.717, 1.165) is 59.5 Å². The third kappa shape index (κ3) is 5.37. The minimum absolute atomic E-state index is 0.0197. The lowest BCUT2D eigenvalue weighted by atomic mass is 10.1. The summed E-state index contributed by atoms with van der Waals surface area (Å²) >= 11 is 1.55. The Morgan fingerprint density at radius 1 is 1.14 bits per heavy atom. The Morgan fingerprint density at radius 3 is 2.54 bits per heavy atom. The maximum absolute atomic E-state index is 13.5. The predicted molar refractivity (Wildman–Crippen MR) is 139 cm³/mol. The van der Waals surface area contributed by atoms with Crippen molar-refractivity contribution in [3.8, 4) is 11.3 Å². The minimum atomic E-state index is -0.256. The first-order valence-electron chi connectivity index (χ1n) is 12.7. The molecule has 1 saturated heterocycles. The van der Waals surface area contributed by atoms with E-state index in [1.165, 1.54) is 25.0 Å². The third-order valence-electron chi connectivity index (χ3n) is 6.84. The van der Waals surface area contributed by atoms with E-state index in [1.807, 2.05) is 9.42 Å². The summed E-state index contributed by atoms with van der Waals surface area (Å²) < 4.78 is 15.4. The Bertz CT molecular complexity index is 1140. The zero-order valence-electron chi connectivity index (χ0n) is 20.5. The average Bonchev–Trinajstić information content (AvgIpc) is 3.58. The highest BCUT2D eigenvalue weighted by molar-refractivity contribution is 7.20. The van der Waals surface area contributed by atoms with Crippen LogP contribution in [0.25, 0.3) is 16.2 Å². The zero-order valence-corrected chi connectivity index (χ0v) is 21.3. The lowest BCUT2D eigenvalue weighted by Crippen LogP contribution is -2.52. The molecule has 8 nitrogen and oxygen atoms in total. The number of imidazole rings is 1. The van der Waals surface area contributed by atoms with Crippen molar-refractivity contribution in [1.29, 1.82) is 0 Å². The molecule has 0 atom stereocenters. The number of urea groups is 1. The second-order valence-corrected chi connectivity index (χ2v) is 10.8. The largest absolute Gasteiger partial charge is 0.365 e. The molecule has 5 rings (SSSR count). The molecule has 1 aliphatic heterocycles. The van der Waals surface area contributed by atoms with Crippen molar-refractivity contribution < 1.29 is 9.18 Å². The van der Waals surface area contributed by atoms with Gasteiger partial charge in [0.2, 0.25) is 10.1 Å². The van der Waals surface area contributed by atoms with Gasteiger partial charge in [0, 0.05) is 44.3 Å². The molecular weight excluding hydrogens is 465 g/mol. The van der Waals surface area contributed by atoms with Crippen LogP contribution in [0.4, 0.5) is 20.1 Å². The minimum Gasteiger partial charge on any atom is -0.365 e. The monoisotopic (exact) mass is 499 g/mol. The van der Waals surface area contributed by atoms with Gasteiger partial charge in [-0.1, -0.05) is 38.0 Å². The molecule has 10 heteroatoms. The number of amides is 2. The highest BCUT2D eigenvalue weighted by Crippen LogP contribution is 2.35. The number of nitrogens with one attached hydrogen (secondary N) is 2. The van der Waals surface area contributed by atoms with Gasteiger partial charge in [0.15, 0.2) is 5.82 Å². The number of hydrogen-bond acceptors (Lipinski definition) is 6. The van der Waals surface area contributed by atoms with E-state index in [4.69, 9.17) is 10.1 Å². The summed E-state index contributed by atoms with van der Waals surface area (Å²) in [5.41, 5.74) is 1.69. The second-order valence-electron chi connectivity index (χ2n) is 9.91. The molecule has 3 heterocycles. The number of benzene rings is 1. The summed E-state index contributed by atoms with van der Waals surface area (Å²) in [5, 5.41) is 12.5. The van der Waals surface area contributed by atoms with E-state index in [-0.39, 0.29) is 11.8 Å². The van der Waals surface area contributed by atoms with Crippen LogP contribution in [0, 0.1) is 11.7 Å². The Hall–Kier alpha value is -2.88. The van der Waals surface area contributed by atoms with Gasteiger partial charge in [0.25, 0.3) is 0 Å². The summed E-state index contributed by atoms with van der Waals surface area (Å²) in [6, 6.07) is 6.91. The Balaban J connectivity index is 1.32. The number of halogens is 1. The molecule has 0 spiro atoms. The molecular formula is C25H34FN7OS. The molecule has 0 radical (unpaired) electrons. The quantitative estimate of drug-likeness (QED) is 0.487. The highest BCUT2D eigenvalue weighted by atomic mass is 32.1. The molecule has 2 amide bonds. The molecule has 2 aromatic heterocycles. The first kappa shape index (κ1) is 23.8. The fourth-order valence-corrected chi connectivity index (χ4v) is 5.70. The number of hydrogen-bond donors (Lipinski definition) is 2. The lowest BCUT2D eigenvalue weighted by Gasteiger charge is -2.34. The fraction of sp³-hybridized carbons (Fsp3) is 0.560. The maximum atomic E-state index is 13.5. The van der Waals surface area contributed by atoms with Crippen molar-refractivity contribution in [3.63, 3.8) is 0 Å². The first-order valence-corrected chi connectivity index (χ1v) is 13.5. The number of aromatic nitrogens is 3. The summed E-state index contributed by atoms with van der Waals surface area (Å²) in [5.74, 6) is 1.20. The van der Waals surface area contributed by atoms with E-state index in [9.17, 15) is 9.18 Å². The number of anilines is 2. The van der Waals surface area contributed by atoms with Crippen molar-refractivity contribution in [2.45, 2.75) is 52.0 Å². The van der Waals surface area contributed by atoms with E-state index in [2.05, 4.69) is 29.4 Å². The topological polar surface area (TPSA) is 77.8 Å². The normalized spacial score (nSPS) is 17.0. The van der Waals surface area contributed by atoms with Crippen LogP contribution in [0.15, 0.2) is 24.3 Å². The van der Waals surface area contributed by atoms with Crippen LogP contribution in [0.5, 0.6) is 0 Å². The van der Waals surface area contributed by atoms with E-state index in [1.54, 1.807) is 23.5 Å². The standard InChI is InChI=1S/C25H34FN7OS/c1-17(2)11-12-27-23(34)31-13-15-32(16-14-31)25-30-33-22(28-20-5-3-4-6-20)21(29-24(33)35-25)18-7-9-19(26)10-8-18/h7-10,17,20,28H,3-6,11-16H2,1-2H3,(H,27,34). The van der Waals surface area contributed by atoms with Gasteiger partial charge in [-0.25, -0.2) is 14.2 Å². The van der Waals surface area contributed by atoms with Crippen LogP contribution in [0.3, 0.4) is 0 Å². The van der Waals surface area contributed by atoms with Crippen molar-refractivity contribution in [3.05, 3.63) is 30.1 Å². The molecule has 0 bridgehead atoms. The highest BCUT2D eigenvalue weighted by Gasteiger charge is 2.26. The SMILES string of the molecule is CC(C)CCNC(=O)N1CCN(c2nn3c(NC4CCCC4)c(-c4ccc(F)cc4)nc3s2)CC1. The number of carbonyl (C=O) groups excluding carboxylic acids is 1. The number of carbonyl (C=O) groups is 1. The maximum Gasteiger partial charge on any atom is 0.317 e. The van der Waals surface area contributed by atoms with Crippen LogP contribution >= 0.6 is 11.3 Å². The van der Waals surface area contributed by atoms with E-state index in [0.29, 0.717) is 31.6 Å². The molecule has 1 aromatic carbocycles. The Labute approximate surface area is 209 Å². The van der Waals surface area contributed by atoms with Crippen LogP contribution in [0.1, 0.15) is 46.0 Å². The van der Waals surface area contributed by atoms with Crippen LogP contribution in [0.2, 0.25) is 0 Å². The second kappa shape index (κ2) is 10.4. The Morgan fingerprint density at radius 2 is 1.86 bits per heavy atom. The first-order chi connectivity index (χ1) is 17.0. The van der Waals surface area contributed by atoms with E-state index < -0.39 is 0 Å². The molecule has 2 fully saturated rings. The molecule has 2 N–H and O–H groups in total. The van der Waals surface area contributed by atoms with Crippen LogP contribution in [-0.2, 0) is 0 Å². The van der Waals surface area contributed by atoms with Crippen molar-refractivity contribution >= 4 is 33.3 Å². The molecule has 3 aromatic rings. The lowest BCUT2D eigenvalue weighted by molar-refractivity contribution is 0.194. The van der Waals surface area contributed by atoms with Gasteiger partial charge in [-0.05, 0) is 49.4 Å². The van der Waals surface area contributed by atoms with Gasteiger partial charge >= 0.3 is 6.03 Å². The molecule has 188 valence electrons. The summed E-state index contributed by atoms with van der Waals surface area (Å²) in [7, 11) is 0. The molecule has 2 aliphatic rings. The van der Waals surface area contributed by atoms with Gasteiger partial charge in [-0.3, -0.25) is 0 Å². The fourth-order valence-electron chi connectivity index (χ4n) is 4.75. The van der Waals surface area contributed by atoms with Crippen molar-refractivity contribution in [2.24, 2.45) is 5.92 Å². The number of rotatable bonds is 7. The molecule has 35 heavy (non-hydrogen) atoms. The van der Waals surface area contributed by atoms with Gasteiger partial charge in [0.1, 0.15) is 11.5 Å². The van der Waals surface area contributed by atoms with Crippen LogP contribution < -0.4 is 15.5 Å². The summed E-state index contributed by atoms with van der Waals surface area (Å²) in [6.07, 6.45) is 5.70. The van der Waals surface area contributed by atoms with Crippen molar-refractivity contribution in [2.75, 3.05) is 42.9 Å². The van der Waals surface area contributed by atoms with Gasteiger partial charge in [-0.2, -0.15) is 4.52 Å². The smallest absolute Gasteiger partial charge is 0.317 e. The predicted octanol–water partition coefficient (Wildman–Crippen LogP) is 4.83. The third-order valence-corrected chi connectivity index (χ3v) is 7.81. The average molecular weight is 500 g/mol. The zero-order chi connectivity index (χ0) is 24.4. The summed E-state index contributed by atoms with van der Waals surface area (Å²) in [6.45, 7) is 7.86. The number of nitrogens with zero attached hydrogens (tertiary/aromatic N) is 5. The Kier molecular flexibility index (Phi) is 7.08. The number of fused-ring (bicyclic) bond motifs is 1. The van der Waals surface area contributed by atoms with E-state index >= 15 is 0 Å². The molecule has 1 saturated carbocycles. The molecule has 1 aliphatic carbocycles. The molecule has 0 unspecified atom stereocenters. The van der Waals surface area contributed by atoms with Gasteiger partial charge in [-0.15, -0.1) is 5.10 Å². The van der Waals surface area contributed by atoms with Crippen LogP contribution in [-0.4, -0.2) is 64.3 Å².